The van der Waals surface area contributed by atoms with E-state index in [1.165, 1.54) is 17.7 Å². The van der Waals surface area contributed by atoms with Crippen LogP contribution in [0.5, 0.6) is 0 Å². The van der Waals surface area contributed by atoms with E-state index in [1.54, 1.807) is 11.3 Å². The van der Waals surface area contributed by atoms with Crippen LogP contribution in [0.15, 0.2) is 6.20 Å². The lowest BCUT2D eigenvalue weighted by atomic mass is 10.0. The number of hydrogen-bond acceptors (Lipinski definition) is 4. The molecule has 0 saturated carbocycles. The summed E-state index contributed by atoms with van der Waals surface area (Å²) in [7, 11) is 0. The van der Waals surface area contributed by atoms with Gasteiger partial charge in [-0.25, -0.2) is 4.98 Å². The number of nitrogens with two attached hydrogens (primary N) is 1. The van der Waals surface area contributed by atoms with E-state index >= 15 is 0 Å². The molecule has 1 aromatic rings. The van der Waals surface area contributed by atoms with Gasteiger partial charge in [-0.3, -0.25) is 0 Å². The van der Waals surface area contributed by atoms with Crippen molar-refractivity contribution in [2.45, 2.75) is 33.2 Å². The standard InChI is InChI=1S/C11H21N3S/c1-3-10(6-12)4-5-13-7-11-8-14-9(2)15-11/h8,10,13H,3-7,12H2,1-2H3. The second-order valence-corrected chi connectivity index (χ2v) is 5.14. The SMILES string of the molecule is CCC(CN)CCNCc1cnc(C)s1. The maximum absolute atomic E-state index is 5.64. The van der Waals surface area contributed by atoms with E-state index < -0.39 is 0 Å². The summed E-state index contributed by atoms with van der Waals surface area (Å²) < 4.78 is 0. The number of nitrogens with one attached hydrogen (secondary N) is 1. The molecule has 1 heterocycles. The third kappa shape index (κ3) is 4.73. The fourth-order valence-corrected chi connectivity index (χ4v) is 2.26. The molecule has 1 aromatic heterocycles. The molecule has 0 spiro atoms. The van der Waals surface area contributed by atoms with Crippen LogP contribution in [0.1, 0.15) is 29.7 Å². The highest BCUT2D eigenvalue weighted by Gasteiger charge is 2.03. The van der Waals surface area contributed by atoms with Gasteiger partial charge in [0, 0.05) is 17.6 Å². The Morgan fingerprint density at radius 3 is 2.93 bits per heavy atom. The van der Waals surface area contributed by atoms with Gasteiger partial charge in [0.2, 0.25) is 0 Å². The Kier molecular flexibility index (Phi) is 5.83. The molecule has 3 nitrogen and oxygen atoms in total. The van der Waals surface area contributed by atoms with Crippen LogP contribution in [0.4, 0.5) is 0 Å². The molecule has 4 heteroatoms. The molecule has 0 amide bonds. The van der Waals surface area contributed by atoms with Gasteiger partial charge in [0.15, 0.2) is 0 Å². The first-order valence-corrected chi connectivity index (χ1v) is 6.40. The average molecular weight is 227 g/mol. The quantitative estimate of drug-likeness (QED) is 0.700. The van der Waals surface area contributed by atoms with Crippen LogP contribution < -0.4 is 11.1 Å². The predicted octanol–water partition coefficient (Wildman–Crippen LogP) is 1.92. The summed E-state index contributed by atoms with van der Waals surface area (Å²) in [6, 6.07) is 0. The van der Waals surface area contributed by atoms with Gasteiger partial charge in [0.25, 0.3) is 0 Å². The maximum atomic E-state index is 5.64. The lowest BCUT2D eigenvalue weighted by Crippen LogP contribution is -2.21. The summed E-state index contributed by atoms with van der Waals surface area (Å²) in [4.78, 5) is 5.53. The zero-order chi connectivity index (χ0) is 11.1. The number of aryl methyl sites for hydroxylation is 1. The largest absolute Gasteiger partial charge is 0.330 e. The van der Waals surface area contributed by atoms with Gasteiger partial charge in [-0.1, -0.05) is 13.3 Å². The first kappa shape index (κ1) is 12.6. The van der Waals surface area contributed by atoms with E-state index in [9.17, 15) is 0 Å². The third-order valence-electron chi connectivity index (χ3n) is 2.61. The van der Waals surface area contributed by atoms with Gasteiger partial charge >= 0.3 is 0 Å². The van der Waals surface area contributed by atoms with Crippen molar-refractivity contribution in [1.29, 1.82) is 0 Å². The second kappa shape index (κ2) is 6.93. The topological polar surface area (TPSA) is 50.9 Å². The Morgan fingerprint density at radius 2 is 2.40 bits per heavy atom. The van der Waals surface area contributed by atoms with Crippen molar-refractivity contribution < 1.29 is 0 Å². The van der Waals surface area contributed by atoms with Gasteiger partial charge in [0.1, 0.15) is 0 Å². The monoisotopic (exact) mass is 227 g/mol. The second-order valence-electron chi connectivity index (χ2n) is 3.82. The number of aromatic nitrogens is 1. The smallest absolute Gasteiger partial charge is 0.0897 e. The van der Waals surface area contributed by atoms with Crippen LogP contribution in [0, 0.1) is 12.8 Å². The van der Waals surface area contributed by atoms with Gasteiger partial charge < -0.3 is 11.1 Å². The highest BCUT2D eigenvalue weighted by molar-refractivity contribution is 7.11. The summed E-state index contributed by atoms with van der Waals surface area (Å²) in [6.07, 6.45) is 4.30. The van der Waals surface area contributed by atoms with E-state index in [1.807, 2.05) is 13.1 Å². The Bertz CT molecular complexity index is 269. The molecule has 3 N–H and O–H groups in total. The summed E-state index contributed by atoms with van der Waals surface area (Å²) >= 11 is 1.76. The molecule has 0 aliphatic carbocycles. The van der Waals surface area contributed by atoms with Crippen LogP contribution in [0.25, 0.3) is 0 Å². The van der Waals surface area contributed by atoms with Gasteiger partial charge in [-0.05, 0) is 32.4 Å². The molecular weight excluding hydrogens is 206 g/mol. The number of hydrogen-bond donors (Lipinski definition) is 2. The van der Waals surface area contributed by atoms with Crippen molar-refractivity contribution >= 4 is 11.3 Å². The first-order valence-electron chi connectivity index (χ1n) is 5.58. The molecule has 0 aromatic carbocycles. The van der Waals surface area contributed by atoms with Crippen molar-refractivity contribution in [3.63, 3.8) is 0 Å². The third-order valence-corrected chi connectivity index (χ3v) is 3.52. The van der Waals surface area contributed by atoms with Crippen molar-refractivity contribution in [2.24, 2.45) is 11.7 Å². The van der Waals surface area contributed by atoms with E-state index in [0.717, 1.165) is 24.6 Å². The van der Waals surface area contributed by atoms with Crippen LogP contribution in [-0.2, 0) is 6.54 Å². The predicted molar refractivity (Wildman–Crippen MR) is 66.0 cm³/mol. The zero-order valence-corrected chi connectivity index (χ0v) is 10.4. The van der Waals surface area contributed by atoms with E-state index in [2.05, 4.69) is 17.2 Å². The molecule has 0 bridgehead atoms. The van der Waals surface area contributed by atoms with Crippen molar-refractivity contribution in [2.75, 3.05) is 13.1 Å². The minimum absolute atomic E-state index is 0.667. The lowest BCUT2D eigenvalue weighted by Gasteiger charge is -2.11. The minimum atomic E-state index is 0.667. The van der Waals surface area contributed by atoms with Crippen molar-refractivity contribution in [3.05, 3.63) is 16.1 Å². The molecule has 0 aliphatic heterocycles. The highest BCUT2D eigenvalue weighted by atomic mass is 32.1. The number of rotatable bonds is 7. The van der Waals surface area contributed by atoms with Crippen LogP contribution >= 0.6 is 11.3 Å². The maximum Gasteiger partial charge on any atom is 0.0897 e. The molecule has 1 unspecified atom stereocenters. The minimum Gasteiger partial charge on any atom is -0.330 e. The molecule has 1 atom stereocenters. The first-order chi connectivity index (χ1) is 7.26. The summed E-state index contributed by atoms with van der Waals surface area (Å²) in [5.74, 6) is 0.667. The van der Waals surface area contributed by atoms with Crippen LogP contribution in [0.2, 0.25) is 0 Å². The summed E-state index contributed by atoms with van der Waals surface area (Å²) in [5.41, 5.74) is 5.64. The van der Waals surface area contributed by atoms with Crippen LogP contribution in [0.3, 0.4) is 0 Å². The molecule has 0 fully saturated rings. The summed E-state index contributed by atoms with van der Waals surface area (Å²) in [6.45, 7) is 7.02. The van der Waals surface area contributed by atoms with Crippen LogP contribution in [-0.4, -0.2) is 18.1 Å². The van der Waals surface area contributed by atoms with E-state index in [4.69, 9.17) is 5.73 Å². The Balaban J connectivity index is 2.11. The fraction of sp³-hybridized carbons (Fsp3) is 0.727. The van der Waals surface area contributed by atoms with Gasteiger partial charge in [-0.2, -0.15) is 0 Å². The zero-order valence-electron chi connectivity index (χ0n) is 9.62. The van der Waals surface area contributed by atoms with Gasteiger partial charge in [-0.15, -0.1) is 11.3 Å². The molecule has 0 aliphatic rings. The average Bonchev–Trinajstić information content (AvgIpc) is 2.65. The van der Waals surface area contributed by atoms with Crippen molar-refractivity contribution in [1.82, 2.24) is 10.3 Å². The highest BCUT2D eigenvalue weighted by Crippen LogP contribution is 2.11. The Labute approximate surface area is 96.1 Å². The Morgan fingerprint density at radius 1 is 1.60 bits per heavy atom. The molecule has 15 heavy (non-hydrogen) atoms. The Hall–Kier alpha value is -0.450. The number of nitrogens with zero attached hydrogens (tertiary/aromatic N) is 1. The molecular formula is C11H21N3S. The molecule has 86 valence electrons. The lowest BCUT2D eigenvalue weighted by molar-refractivity contribution is 0.461. The van der Waals surface area contributed by atoms with E-state index in [-0.39, 0.29) is 0 Å². The normalized spacial score (nSPS) is 13.0. The molecule has 1 rings (SSSR count). The fourth-order valence-electron chi connectivity index (χ4n) is 1.49. The van der Waals surface area contributed by atoms with Gasteiger partial charge in [0.05, 0.1) is 5.01 Å². The van der Waals surface area contributed by atoms with E-state index in [0.29, 0.717) is 5.92 Å². The molecule has 0 saturated heterocycles. The number of thiazole rings is 1. The summed E-state index contributed by atoms with van der Waals surface area (Å²) in [5, 5.41) is 4.57. The molecule has 0 radical (unpaired) electrons. The van der Waals surface area contributed by atoms with Crippen molar-refractivity contribution in [3.8, 4) is 0 Å².